The molecule has 0 spiro atoms. The third-order valence-electron chi connectivity index (χ3n) is 2.20. The fraction of sp³-hybridized carbons (Fsp3) is 0.333. The van der Waals surface area contributed by atoms with Gasteiger partial charge in [0.1, 0.15) is 11.5 Å². The Hall–Kier alpha value is -1.45. The zero-order valence-corrected chi connectivity index (χ0v) is 9.06. The average Bonchev–Trinajstić information content (AvgIpc) is 2.20. The minimum atomic E-state index is -0.917. The van der Waals surface area contributed by atoms with Gasteiger partial charge in [0.15, 0.2) is 11.6 Å². The Balaban J connectivity index is 2.76. The van der Waals surface area contributed by atoms with E-state index in [4.69, 9.17) is 0 Å². The van der Waals surface area contributed by atoms with Crippen molar-refractivity contribution >= 4 is 5.69 Å². The molecule has 0 saturated carbocycles. The highest BCUT2D eigenvalue weighted by molar-refractivity contribution is 5.47. The molecule has 1 aromatic rings. The van der Waals surface area contributed by atoms with Gasteiger partial charge in [-0.2, -0.15) is 0 Å². The zero-order chi connectivity index (χ0) is 12.1. The Labute approximate surface area is 93.0 Å². The molecule has 0 bridgehead atoms. The predicted molar refractivity (Wildman–Crippen MR) is 58.8 cm³/mol. The molecule has 1 rings (SSSR count). The van der Waals surface area contributed by atoms with E-state index in [2.05, 4.69) is 11.9 Å². The highest BCUT2D eigenvalue weighted by atomic mass is 19.1. The van der Waals surface area contributed by atoms with Crippen molar-refractivity contribution in [1.82, 2.24) is 0 Å². The first-order valence-corrected chi connectivity index (χ1v) is 5.06. The number of anilines is 1. The Kier molecular flexibility index (Phi) is 4.40. The Morgan fingerprint density at radius 2 is 1.88 bits per heavy atom. The maximum Gasteiger partial charge on any atom is 0.152 e. The van der Waals surface area contributed by atoms with Crippen LogP contribution in [-0.2, 0) is 0 Å². The normalized spacial score (nSPS) is 12.2. The van der Waals surface area contributed by atoms with Crippen molar-refractivity contribution in [3.05, 3.63) is 42.2 Å². The molecule has 0 aromatic heterocycles. The highest BCUT2D eigenvalue weighted by Crippen LogP contribution is 2.21. The van der Waals surface area contributed by atoms with Crippen molar-refractivity contribution in [2.75, 3.05) is 5.32 Å². The van der Waals surface area contributed by atoms with Crippen LogP contribution in [0.2, 0.25) is 0 Å². The number of hydrogen-bond donors (Lipinski definition) is 1. The van der Waals surface area contributed by atoms with E-state index in [0.717, 1.165) is 6.42 Å². The van der Waals surface area contributed by atoms with Crippen molar-refractivity contribution < 1.29 is 13.2 Å². The minimum Gasteiger partial charge on any atom is -0.378 e. The molecule has 88 valence electrons. The summed E-state index contributed by atoms with van der Waals surface area (Å²) in [5, 5.41) is 2.68. The Bertz CT molecular complexity index is 354. The molecule has 4 heteroatoms. The van der Waals surface area contributed by atoms with Gasteiger partial charge in [-0.05, 0) is 19.8 Å². The second-order valence-electron chi connectivity index (χ2n) is 3.66. The van der Waals surface area contributed by atoms with Gasteiger partial charge in [-0.25, -0.2) is 13.2 Å². The molecular formula is C12H14F3N. The summed E-state index contributed by atoms with van der Waals surface area (Å²) in [6.07, 6.45) is 3.19. The number of benzene rings is 1. The summed E-state index contributed by atoms with van der Waals surface area (Å²) in [7, 11) is 0. The summed E-state index contributed by atoms with van der Waals surface area (Å²) in [6, 6.07) is 1.21. The molecule has 1 N–H and O–H groups in total. The minimum absolute atomic E-state index is 0.104. The predicted octanol–water partition coefficient (Wildman–Crippen LogP) is 3.87. The number of halogens is 3. The maximum atomic E-state index is 13.2. The molecule has 1 atom stereocenters. The molecule has 0 aliphatic heterocycles. The van der Waals surface area contributed by atoms with E-state index in [1.807, 2.05) is 0 Å². The van der Waals surface area contributed by atoms with Crippen molar-refractivity contribution in [2.45, 2.75) is 25.8 Å². The third kappa shape index (κ3) is 3.29. The average molecular weight is 229 g/mol. The summed E-state index contributed by atoms with van der Waals surface area (Å²) >= 11 is 0. The van der Waals surface area contributed by atoms with Crippen molar-refractivity contribution in [2.24, 2.45) is 0 Å². The lowest BCUT2D eigenvalue weighted by Gasteiger charge is -2.15. The van der Waals surface area contributed by atoms with Gasteiger partial charge in [0.2, 0.25) is 0 Å². The second-order valence-corrected chi connectivity index (χ2v) is 3.66. The van der Waals surface area contributed by atoms with Crippen LogP contribution in [0.4, 0.5) is 18.9 Å². The first-order chi connectivity index (χ1) is 7.54. The molecule has 1 aromatic carbocycles. The lowest BCUT2D eigenvalue weighted by molar-refractivity contribution is 0.543. The lowest BCUT2D eigenvalue weighted by atomic mass is 10.1. The third-order valence-corrected chi connectivity index (χ3v) is 2.20. The molecule has 0 amide bonds. The van der Waals surface area contributed by atoms with Crippen LogP contribution >= 0.6 is 0 Å². The van der Waals surface area contributed by atoms with Crippen molar-refractivity contribution in [3.63, 3.8) is 0 Å². The highest BCUT2D eigenvalue weighted by Gasteiger charge is 2.13. The van der Waals surface area contributed by atoms with Gasteiger partial charge in [-0.15, -0.1) is 6.58 Å². The van der Waals surface area contributed by atoms with Crippen LogP contribution in [0.1, 0.15) is 19.8 Å². The number of nitrogens with one attached hydrogen (secondary N) is 1. The van der Waals surface area contributed by atoms with Crippen molar-refractivity contribution in [1.29, 1.82) is 0 Å². The van der Waals surface area contributed by atoms with E-state index in [9.17, 15) is 13.2 Å². The standard InChI is InChI=1S/C12H14F3N/c1-3-4-5-8(2)16-12-10(14)6-9(13)7-11(12)15/h3,6-8,16H,1,4-5H2,2H3. The smallest absolute Gasteiger partial charge is 0.152 e. The molecule has 1 nitrogen and oxygen atoms in total. The molecule has 16 heavy (non-hydrogen) atoms. The number of allylic oxidation sites excluding steroid dienone is 1. The van der Waals surface area contributed by atoms with Crippen LogP contribution in [0.3, 0.4) is 0 Å². The van der Waals surface area contributed by atoms with Gasteiger partial charge < -0.3 is 5.32 Å². The fourth-order valence-electron chi connectivity index (χ4n) is 1.37. The first kappa shape index (κ1) is 12.6. The largest absolute Gasteiger partial charge is 0.378 e. The summed E-state index contributed by atoms with van der Waals surface area (Å²) < 4.78 is 39.1. The second kappa shape index (κ2) is 5.58. The fourth-order valence-corrected chi connectivity index (χ4v) is 1.37. The van der Waals surface area contributed by atoms with E-state index >= 15 is 0 Å². The molecule has 1 unspecified atom stereocenters. The molecule has 0 saturated heterocycles. The van der Waals surface area contributed by atoms with E-state index in [1.54, 1.807) is 13.0 Å². The van der Waals surface area contributed by atoms with Gasteiger partial charge >= 0.3 is 0 Å². The number of rotatable bonds is 5. The van der Waals surface area contributed by atoms with E-state index < -0.39 is 17.5 Å². The maximum absolute atomic E-state index is 13.2. The molecular weight excluding hydrogens is 215 g/mol. The van der Waals surface area contributed by atoms with Crippen molar-refractivity contribution in [3.8, 4) is 0 Å². The topological polar surface area (TPSA) is 12.0 Å². The van der Waals surface area contributed by atoms with Crippen LogP contribution in [0.25, 0.3) is 0 Å². The lowest BCUT2D eigenvalue weighted by Crippen LogP contribution is -2.17. The molecule has 0 fully saturated rings. The van der Waals surface area contributed by atoms with Crippen LogP contribution in [0.5, 0.6) is 0 Å². The Morgan fingerprint density at radius 1 is 1.31 bits per heavy atom. The summed E-state index contributed by atoms with van der Waals surface area (Å²) in [5.74, 6) is -2.75. The first-order valence-electron chi connectivity index (χ1n) is 5.06. The van der Waals surface area contributed by atoms with E-state index in [0.29, 0.717) is 18.6 Å². The van der Waals surface area contributed by atoms with Gasteiger partial charge in [-0.3, -0.25) is 0 Å². The summed E-state index contributed by atoms with van der Waals surface area (Å²) in [6.45, 7) is 5.36. The Morgan fingerprint density at radius 3 is 2.38 bits per heavy atom. The molecule has 0 aliphatic carbocycles. The summed E-state index contributed by atoms with van der Waals surface area (Å²) in [4.78, 5) is 0. The van der Waals surface area contributed by atoms with Crippen LogP contribution in [0, 0.1) is 17.5 Å². The molecule has 0 radical (unpaired) electrons. The van der Waals surface area contributed by atoms with Gasteiger partial charge in [0.25, 0.3) is 0 Å². The number of hydrogen-bond acceptors (Lipinski definition) is 1. The molecule has 0 aliphatic rings. The van der Waals surface area contributed by atoms with Crippen LogP contribution in [0.15, 0.2) is 24.8 Å². The zero-order valence-electron chi connectivity index (χ0n) is 9.06. The van der Waals surface area contributed by atoms with Gasteiger partial charge in [0, 0.05) is 18.2 Å². The monoisotopic (exact) mass is 229 g/mol. The van der Waals surface area contributed by atoms with Gasteiger partial charge in [0.05, 0.1) is 0 Å². The summed E-state index contributed by atoms with van der Waals surface area (Å²) in [5.41, 5.74) is -0.280. The molecule has 0 heterocycles. The van der Waals surface area contributed by atoms with E-state index in [1.165, 1.54) is 0 Å². The quantitative estimate of drug-likeness (QED) is 0.756. The van der Waals surface area contributed by atoms with Gasteiger partial charge in [-0.1, -0.05) is 6.08 Å². The van der Waals surface area contributed by atoms with Crippen LogP contribution < -0.4 is 5.32 Å². The van der Waals surface area contributed by atoms with Crippen LogP contribution in [-0.4, -0.2) is 6.04 Å². The SMILES string of the molecule is C=CCCC(C)Nc1c(F)cc(F)cc1F. The van der Waals surface area contributed by atoms with E-state index in [-0.39, 0.29) is 11.7 Å².